The van der Waals surface area contributed by atoms with Crippen molar-refractivity contribution in [2.45, 2.75) is 17.9 Å². The molecule has 31 heavy (non-hydrogen) atoms. The minimum atomic E-state index is -0.986. The summed E-state index contributed by atoms with van der Waals surface area (Å²) >= 11 is 1.26. The van der Waals surface area contributed by atoms with Gasteiger partial charge in [0.25, 0.3) is 5.91 Å². The van der Waals surface area contributed by atoms with Crippen LogP contribution in [0.5, 0.6) is 0 Å². The predicted molar refractivity (Wildman–Crippen MR) is 123 cm³/mol. The third-order valence-electron chi connectivity index (χ3n) is 4.63. The van der Waals surface area contributed by atoms with E-state index >= 15 is 0 Å². The number of ether oxygens (including phenoxy) is 1. The molecule has 1 atom stereocenters. The fourth-order valence-corrected chi connectivity index (χ4v) is 3.84. The largest absolute Gasteiger partial charge is 0.449 e. The molecular formula is C24H24N2O4S. The predicted octanol–water partition coefficient (Wildman–Crippen LogP) is 4.20. The Morgan fingerprint density at radius 3 is 2.39 bits per heavy atom. The van der Waals surface area contributed by atoms with E-state index in [-0.39, 0.29) is 11.7 Å². The zero-order valence-corrected chi connectivity index (χ0v) is 18.4. The zero-order valence-electron chi connectivity index (χ0n) is 17.6. The van der Waals surface area contributed by atoms with Crippen LogP contribution < -0.4 is 5.32 Å². The summed E-state index contributed by atoms with van der Waals surface area (Å²) in [6.07, 6.45) is -0.986. The monoisotopic (exact) mass is 436 g/mol. The summed E-state index contributed by atoms with van der Waals surface area (Å²) in [5.41, 5.74) is 0.953. The molecule has 0 radical (unpaired) electrons. The Kier molecular flexibility index (Phi) is 7.31. The first-order valence-corrected chi connectivity index (χ1v) is 10.8. The molecule has 0 aliphatic heterocycles. The molecule has 1 N–H and O–H groups in total. The molecule has 0 fully saturated rings. The summed E-state index contributed by atoms with van der Waals surface area (Å²) in [4.78, 5) is 39.2. The van der Waals surface area contributed by atoms with E-state index in [1.54, 1.807) is 38.4 Å². The second-order valence-corrected chi connectivity index (χ2v) is 8.19. The maximum atomic E-state index is 12.7. The molecule has 0 spiro atoms. The molecular weight excluding hydrogens is 412 g/mol. The van der Waals surface area contributed by atoms with Crippen LogP contribution >= 0.6 is 11.8 Å². The van der Waals surface area contributed by atoms with Gasteiger partial charge in [-0.1, -0.05) is 42.5 Å². The average molecular weight is 437 g/mol. The summed E-state index contributed by atoms with van der Waals surface area (Å²) < 4.78 is 5.39. The molecule has 160 valence electrons. The number of esters is 1. The van der Waals surface area contributed by atoms with Crippen LogP contribution in [0.25, 0.3) is 10.8 Å². The highest BCUT2D eigenvalue weighted by Gasteiger charge is 2.21. The molecule has 0 saturated heterocycles. The number of fused-ring (bicyclic) bond motifs is 1. The topological polar surface area (TPSA) is 75.7 Å². The molecule has 0 unspecified atom stereocenters. The first-order valence-electron chi connectivity index (χ1n) is 9.78. The van der Waals surface area contributed by atoms with Gasteiger partial charge in [0.05, 0.1) is 11.3 Å². The van der Waals surface area contributed by atoms with Crippen LogP contribution in [0.4, 0.5) is 5.69 Å². The molecule has 2 amide bonds. The third-order valence-corrected chi connectivity index (χ3v) is 5.69. The van der Waals surface area contributed by atoms with Gasteiger partial charge >= 0.3 is 5.97 Å². The van der Waals surface area contributed by atoms with Gasteiger partial charge in [-0.15, -0.1) is 11.8 Å². The second-order valence-electron chi connectivity index (χ2n) is 7.17. The lowest BCUT2D eigenvalue weighted by Gasteiger charge is -2.15. The Morgan fingerprint density at radius 1 is 0.968 bits per heavy atom. The van der Waals surface area contributed by atoms with Crippen molar-refractivity contribution in [2.75, 3.05) is 25.2 Å². The quantitative estimate of drug-likeness (QED) is 0.444. The zero-order chi connectivity index (χ0) is 22.4. The number of amides is 2. The van der Waals surface area contributed by atoms with Crippen LogP contribution in [0, 0.1) is 0 Å². The Labute approximate surface area is 185 Å². The molecule has 0 aliphatic rings. The van der Waals surface area contributed by atoms with Gasteiger partial charge in [0.15, 0.2) is 6.10 Å². The van der Waals surface area contributed by atoms with Gasteiger partial charge < -0.3 is 15.0 Å². The Bertz CT molecular complexity index is 1110. The number of carbonyl (C=O) groups excluding carboxylic acids is 3. The summed E-state index contributed by atoms with van der Waals surface area (Å²) in [5, 5.41) is 4.86. The Morgan fingerprint density at radius 2 is 1.65 bits per heavy atom. The van der Waals surface area contributed by atoms with Crippen LogP contribution in [0.15, 0.2) is 71.6 Å². The number of benzene rings is 3. The van der Waals surface area contributed by atoms with E-state index in [0.717, 1.165) is 10.8 Å². The van der Waals surface area contributed by atoms with Crippen LogP contribution in [-0.2, 0) is 14.3 Å². The van der Waals surface area contributed by atoms with Crippen molar-refractivity contribution in [3.63, 3.8) is 0 Å². The summed E-state index contributed by atoms with van der Waals surface area (Å²) in [6.45, 7) is 1.53. The fraction of sp³-hybridized carbons (Fsp3) is 0.208. The van der Waals surface area contributed by atoms with E-state index in [0.29, 0.717) is 16.1 Å². The number of anilines is 1. The summed E-state index contributed by atoms with van der Waals surface area (Å²) in [5.74, 6) is -0.885. The van der Waals surface area contributed by atoms with Gasteiger partial charge in [-0.25, -0.2) is 4.79 Å². The second kappa shape index (κ2) is 10.1. The van der Waals surface area contributed by atoms with Gasteiger partial charge in [-0.2, -0.15) is 0 Å². The van der Waals surface area contributed by atoms with Crippen molar-refractivity contribution < 1.29 is 19.1 Å². The van der Waals surface area contributed by atoms with Gasteiger partial charge in [0.1, 0.15) is 0 Å². The number of nitrogens with one attached hydrogen (secondary N) is 1. The van der Waals surface area contributed by atoms with Gasteiger partial charge in [-0.3, -0.25) is 9.59 Å². The van der Waals surface area contributed by atoms with E-state index in [4.69, 9.17) is 4.74 Å². The number of nitrogens with zero attached hydrogens (tertiary/aromatic N) is 1. The van der Waals surface area contributed by atoms with Gasteiger partial charge in [-0.05, 0) is 42.0 Å². The average Bonchev–Trinajstić information content (AvgIpc) is 2.77. The molecule has 3 aromatic rings. The highest BCUT2D eigenvalue weighted by molar-refractivity contribution is 8.00. The number of rotatable bonds is 7. The van der Waals surface area contributed by atoms with Crippen molar-refractivity contribution in [2.24, 2.45) is 0 Å². The number of hydrogen-bond donors (Lipinski definition) is 1. The number of thioether (sulfide) groups is 1. The van der Waals surface area contributed by atoms with Crippen LogP contribution in [0.1, 0.15) is 17.3 Å². The van der Waals surface area contributed by atoms with E-state index in [1.165, 1.54) is 23.6 Å². The Balaban J connectivity index is 1.64. The molecule has 0 bridgehead atoms. The van der Waals surface area contributed by atoms with E-state index in [1.807, 2.05) is 42.5 Å². The molecule has 3 rings (SSSR count). The minimum Gasteiger partial charge on any atom is -0.449 e. The van der Waals surface area contributed by atoms with Crippen molar-refractivity contribution in [3.05, 3.63) is 72.3 Å². The van der Waals surface area contributed by atoms with E-state index < -0.39 is 18.0 Å². The highest BCUT2D eigenvalue weighted by Crippen LogP contribution is 2.24. The maximum Gasteiger partial charge on any atom is 0.340 e. The van der Waals surface area contributed by atoms with Crippen LogP contribution in [0.3, 0.4) is 0 Å². The van der Waals surface area contributed by atoms with Gasteiger partial charge in [0.2, 0.25) is 5.91 Å². The molecule has 7 heteroatoms. The normalized spacial score (nSPS) is 11.6. The van der Waals surface area contributed by atoms with Crippen LogP contribution in [-0.4, -0.2) is 48.6 Å². The van der Waals surface area contributed by atoms with Crippen molar-refractivity contribution in [3.8, 4) is 0 Å². The smallest absolute Gasteiger partial charge is 0.340 e. The van der Waals surface area contributed by atoms with Gasteiger partial charge in [0, 0.05) is 24.7 Å². The first kappa shape index (κ1) is 22.4. The molecule has 0 aliphatic carbocycles. The summed E-state index contributed by atoms with van der Waals surface area (Å²) in [6, 6.07) is 20.3. The van der Waals surface area contributed by atoms with E-state index in [9.17, 15) is 14.4 Å². The fourth-order valence-electron chi connectivity index (χ4n) is 2.82. The first-order chi connectivity index (χ1) is 14.8. The summed E-state index contributed by atoms with van der Waals surface area (Å²) in [7, 11) is 3.36. The van der Waals surface area contributed by atoms with E-state index in [2.05, 4.69) is 5.32 Å². The number of carbonyl (C=O) groups is 3. The van der Waals surface area contributed by atoms with Crippen molar-refractivity contribution in [1.29, 1.82) is 0 Å². The van der Waals surface area contributed by atoms with Crippen molar-refractivity contribution >= 4 is 46.0 Å². The lowest BCUT2D eigenvalue weighted by atomic mass is 10.1. The number of hydrogen-bond acceptors (Lipinski definition) is 5. The standard InChI is InChI=1S/C24H24N2O4S/c1-16(23(28)25-19-13-12-17-8-4-5-9-18(17)14-19)30-24(29)20-10-6-7-11-21(20)31-15-22(27)26(2)3/h4-14,16H,15H2,1-3H3,(H,25,28)/t16-/m0/s1. The third kappa shape index (κ3) is 5.86. The molecule has 6 nitrogen and oxygen atoms in total. The van der Waals surface area contributed by atoms with Crippen LogP contribution in [0.2, 0.25) is 0 Å². The van der Waals surface area contributed by atoms with Crippen molar-refractivity contribution in [1.82, 2.24) is 4.90 Å². The Hall–Kier alpha value is -3.32. The molecule has 3 aromatic carbocycles. The molecule has 0 aromatic heterocycles. The SMILES string of the molecule is C[C@H](OC(=O)c1ccccc1SCC(=O)N(C)C)C(=O)Nc1ccc2ccccc2c1. The highest BCUT2D eigenvalue weighted by atomic mass is 32.2. The molecule has 0 heterocycles. The maximum absolute atomic E-state index is 12.7. The minimum absolute atomic E-state index is 0.0590. The molecule has 0 saturated carbocycles. The lowest BCUT2D eigenvalue weighted by Crippen LogP contribution is -2.30. The lowest BCUT2D eigenvalue weighted by molar-refractivity contribution is -0.126.